The molecule has 11 nitrogen and oxygen atoms in total. The van der Waals surface area contributed by atoms with E-state index in [1.807, 2.05) is 67.6 Å². The molecule has 0 saturated carbocycles. The maximum Gasteiger partial charge on any atom is 0.342 e. The van der Waals surface area contributed by atoms with Crippen molar-refractivity contribution >= 4 is 35.1 Å². The molecule has 0 aliphatic rings. The Hall–Kier alpha value is -5.36. The molecule has 0 aromatic heterocycles. The Morgan fingerprint density at radius 1 is 0.750 bits per heavy atom. The first-order valence-electron chi connectivity index (χ1n) is 17.3. The lowest BCUT2D eigenvalue weighted by molar-refractivity contribution is -0.270. The molecule has 0 heterocycles. The van der Waals surface area contributed by atoms with Crippen LogP contribution in [0.2, 0.25) is 0 Å². The van der Waals surface area contributed by atoms with Crippen LogP contribution in [-0.4, -0.2) is 69.8 Å². The van der Waals surface area contributed by atoms with E-state index in [2.05, 4.69) is 16.8 Å². The van der Waals surface area contributed by atoms with Gasteiger partial charge in [-0.15, -0.1) is 0 Å². The van der Waals surface area contributed by atoms with Crippen molar-refractivity contribution in [1.82, 2.24) is 0 Å². The molecule has 0 amide bonds. The van der Waals surface area contributed by atoms with Crippen molar-refractivity contribution in [3.05, 3.63) is 119 Å². The molecule has 11 heteroatoms. The maximum atomic E-state index is 12.6. The molecular weight excluding hydrogens is 664 g/mol. The van der Waals surface area contributed by atoms with E-state index in [9.17, 15) is 14.8 Å². The number of hydrogen-bond acceptors (Lipinski definition) is 11. The lowest BCUT2D eigenvalue weighted by Gasteiger charge is -2.16. The monoisotopic (exact) mass is 710 g/mol. The maximum absolute atomic E-state index is 12.6. The molecular formula is C41H46N2O9. The highest BCUT2D eigenvalue weighted by Crippen LogP contribution is 2.30. The van der Waals surface area contributed by atoms with E-state index in [-0.39, 0.29) is 6.61 Å². The number of fused-ring (bicyclic) bond motifs is 1. The van der Waals surface area contributed by atoms with Crippen molar-refractivity contribution in [3.63, 3.8) is 0 Å². The Kier molecular flexibility index (Phi) is 16.5. The number of unbranched alkanes of at least 4 members (excludes halogenated alkanes) is 3. The first-order valence-corrected chi connectivity index (χ1v) is 17.3. The van der Waals surface area contributed by atoms with Gasteiger partial charge in [-0.25, -0.2) is 14.5 Å². The fourth-order valence-corrected chi connectivity index (χ4v) is 5.24. The molecule has 274 valence electrons. The quantitative estimate of drug-likeness (QED) is 0.0214. The van der Waals surface area contributed by atoms with E-state index in [0.717, 1.165) is 65.3 Å². The molecule has 1 atom stereocenters. The number of esters is 2. The van der Waals surface area contributed by atoms with Gasteiger partial charge in [0.15, 0.2) is 0 Å². The van der Waals surface area contributed by atoms with Crippen LogP contribution in [0.25, 0.3) is 10.8 Å². The second-order valence-electron chi connectivity index (χ2n) is 11.8. The average molecular weight is 711 g/mol. The third-order valence-corrected chi connectivity index (χ3v) is 7.93. The van der Waals surface area contributed by atoms with E-state index in [1.165, 1.54) is 13.2 Å². The molecule has 52 heavy (non-hydrogen) atoms. The Balaban J connectivity index is 1.30. The average Bonchev–Trinajstić information content (AvgIpc) is 3.18. The van der Waals surface area contributed by atoms with E-state index >= 15 is 0 Å². The highest BCUT2D eigenvalue weighted by atomic mass is 17.1. The van der Waals surface area contributed by atoms with Gasteiger partial charge < -0.3 is 23.7 Å². The van der Waals surface area contributed by atoms with Crippen LogP contribution in [-0.2, 0) is 23.9 Å². The van der Waals surface area contributed by atoms with Crippen LogP contribution in [0.3, 0.4) is 0 Å². The van der Waals surface area contributed by atoms with Crippen LogP contribution in [0.15, 0.2) is 102 Å². The summed E-state index contributed by atoms with van der Waals surface area (Å²) in [6, 6.07) is 24.3. The number of carbonyl (C=O) groups excluding carboxylic acids is 2. The third-order valence-electron chi connectivity index (χ3n) is 7.93. The largest absolute Gasteiger partial charge is 0.496 e. The fourth-order valence-electron chi connectivity index (χ4n) is 5.24. The molecule has 0 spiro atoms. The second-order valence-corrected chi connectivity index (χ2v) is 11.8. The Morgan fingerprint density at radius 2 is 1.42 bits per heavy atom. The molecule has 0 fully saturated rings. The lowest BCUT2D eigenvalue weighted by Crippen LogP contribution is -2.12. The molecule has 4 aromatic carbocycles. The Labute approximate surface area is 304 Å². The van der Waals surface area contributed by atoms with Crippen molar-refractivity contribution in [1.29, 1.82) is 0 Å². The summed E-state index contributed by atoms with van der Waals surface area (Å²) in [4.78, 5) is 28.6. The molecule has 4 rings (SSSR count). The van der Waals surface area contributed by atoms with Crippen LogP contribution < -0.4 is 9.47 Å². The van der Waals surface area contributed by atoms with Gasteiger partial charge in [0, 0.05) is 12.7 Å². The third kappa shape index (κ3) is 12.4. The highest BCUT2D eigenvalue weighted by Gasteiger charge is 2.17. The smallest absolute Gasteiger partial charge is 0.342 e. The van der Waals surface area contributed by atoms with Crippen molar-refractivity contribution in [2.45, 2.75) is 45.1 Å². The van der Waals surface area contributed by atoms with Crippen molar-refractivity contribution in [2.24, 2.45) is 10.2 Å². The van der Waals surface area contributed by atoms with E-state index in [0.29, 0.717) is 43.3 Å². The molecule has 0 bridgehead atoms. The van der Waals surface area contributed by atoms with Gasteiger partial charge in [-0.1, -0.05) is 49.9 Å². The van der Waals surface area contributed by atoms with E-state index < -0.39 is 18.0 Å². The zero-order chi connectivity index (χ0) is 37.0. The SMILES string of the molecule is C=CC(=O)OCCCCCCOc1ccc(C(OO)c2ccc3cc(/C=N/N=C/c4ccc(OC)c(C(=O)OCCOCCC)c4)ccc3c2)cc1. The number of rotatable bonds is 22. The van der Waals surface area contributed by atoms with Crippen molar-refractivity contribution < 1.29 is 43.4 Å². The number of methoxy groups -OCH3 is 1. The summed E-state index contributed by atoms with van der Waals surface area (Å²) in [5.41, 5.74) is 3.38. The summed E-state index contributed by atoms with van der Waals surface area (Å²) in [5, 5.41) is 20.1. The predicted molar refractivity (Wildman–Crippen MR) is 201 cm³/mol. The minimum absolute atomic E-state index is 0.154. The Morgan fingerprint density at radius 3 is 2.13 bits per heavy atom. The molecule has 0 radical (unpaired) electrons. The summed E-state index contributed by atoms with van der Waals surface area (Å²) in [5.74, 6) is 0.240. The van der Waals surface area contributed by atoms with E-state index in [1.54, 1.807) is 30.6 Å². The van der Waals surface area contributed by atoms with Crippen LogP contribution in [0.1, 0.15) is 77.7 Å². The molecule has 1 N–H and O–H groups in total. The summed E-state index contributed by atoms with van der Waals surface area (Å²) >= 11 is 0. The molecule has 1 unspecified atom stereocenters. The second kappa shape index (κ2) is 21.8. The topological polar surface area (TPSA) is 134 Å². The number of carbonyl (C=O) groups is 2. The van der Waals surface area contributed by atoms with Crippen LogP contribution in [0.4, 0.5) is 0 Å². The van der Waals surface area contributed by atoms with Gasteiger partial charge in [0.05, 0.1) is 39.4 Å². The zero-order valence-corrected chi connectivity index (χ0v) is 29.7. The van der Waals surface area contributed by atoms with Crippen LogP contribution >= 0.6 is 0 Å². The fraction of sp³-hybridized carbons (Fsp3) is 0.317. The summed E-state index contributed by atoms with van der Waals surface area (Å²) in [6.45, 7) is 7.47. The summed E-state index contributed by atoms with van der Waals surface area (Å²) in [6.07, 6.45) is 8.19. The van der Waals surface area contributed by atoms with Gasteiger partial charge in [0.1, 0.15) is 29.8 Å². The number of hydrogen-bond donors (Lipinski definition) is 1. The number of nitrogens with zero attached hydrogens (tertiary/aromatic N) is 2. The van der Waals surface area contributed by atoms with Gasteiger partial charge in [0.2, 0.25) is 0 Å². The summed E-state index contributed by atoms with van der Waals surface area (Å²) < 4.78 is 26.9. The van der Waals surface area contributed by atoms with E-state index in [4.69, 9.17) is 28.6 Å². The van der Waals surface area contributed by atoms with Crippen molar-refractivity contribution in [2.75, 3.05) is 40.1 Å². The normalized spacial score (nSPS) is 11.9. The first kappa shape index (κ1) is 39.4. The Bertz CT molecular complexity index is 1800. The van der Waals surface area contributed by atoms with Gasteiger partial charge in [-0.05, 0) is 108 Å². The standard InChI is InChI=1S/C41H46N2O9/c1-4-20-48-23-24-51-41(45)37-26-31(11-19-38(37)47-3)29-43-42-28-30-10-12-34-27-35(14-13-33(34)25-30)40(52-46)32-15-17-36(18-16-32)49-21-8-6-7-9-22-50-39(44)5-2/h5,10-19,25-29,40,46H,2,4,6-9,20-24H2,1,3H3/b42-28+,43-29+. The molecule has 0 saturated heterocycles. The lowest BCUT2D eigenvalue weighted by atomic mass is 9.97. The highest BCUT2D eigenvalue weighted by molar-refractivity contribution is 5.95. The molecule has 0 aliphatic heterocycles. The predicted octanol–water partition coefficient (Wildman–Crippen LogP) is 8.13. The van der Waals surface area contributed by atoms with Gasteiger partial charge >= 0.3 is 11.9 Å². The number of ether oxygens (including phenoxy) is 5. The summed E-state index contributed by atoms with van der Waals surface area (Å²) in [7, 11) is 1.50. The minimum Gasteiger partial charge on any atom is -0.496 e. The van der Waals surface area contributed by atoms with Gasteiger partial charge in [-0.2, -0.15) is 10.2 Å². The molecule has 0 aliphatic carbocycles. The van der Waals surface area contributed by atoms with Crippen molar-refractivity contribution in [3.8, 4) is 11.5 Å². The molecule has 4 aromatic rings. The zero-order valence-electron chi connectivity index (χ0n) is 29.7. The number of benzene rings is 4. The first-order chi connectivity index (χ1) is 25.4. The minimum atomic E-state index is -0.677. The van der Waals surface area contributed by atoms with Gasteiger partial charge in [-0.3, -0.25) is 5.26 Å². The van der Waals surface area contributed by atoms with Crippen LogP contribution in [0, 0.1) is 0 Å². The van der Waals surface area contributed by atoms with Gasteiger partial charge in [0.25, 0.3) is 0 Å². The van der Waals surface area contributed by atoms with Crippen LogP contribution in [0.5, 0.6) is 11.5 Å².